The predicted molar refractivity (Wildman–Crippen MR) is 105 cm³/mol. The summed E-state index contributed by atoms with van der Waals surface area (Å²) in [5, 5.41) is 3.03. The first-order chi connectivity index (χ1) is 12.1. The molecular weight excluding hydrogens is 310 g/mol. The number of nitrogens with one attached hydrogen (secondary N) is 1. The van der Waals surface area contributed by atoms with Gasteiger partial charge >= 0.3 is 0 Å². The molecule has 1 aromatic rings. The van der Waals surface area contributed by atoms with Gasteiger partial charge in [0, 0.05) is 37.4 Å². The van der Waals surface area contributed by atoms with E-state index in [2.05, 4.69) is 53.5 Å². The van der Waals surface area contributed by atoms with Crippen molar-refractivity contribution >= 4 is 17.3 Å². The summed E-state index contributed by atoms with van der Waals surface area (Å²) < 4.78 is 0. The van der Waals surface area contributed by atoms with Gasteiger partial charge < -0.3 is 15.1 Å². The SMILES string of the molecule is CN(C)CC1CCN(c2ccc(NC(=O)CC3C=CCC3)cc2)CC1. The minimum Gasteiger partial charge on any atom is -0.372 e. The predicted octanol–water partition coefficient (Wildman–Crippen LogP) is 3.76. The van der Waals surface area contributed by atoms with E-state index in [0.717, 1.165) is 37.5 Å². The van der Waals surface area contributed by atoms with Crippen LogP contribution in [0.3, 0.4) is 0 Å². The molecule has 25 heavy (non-hydrogen) atoms. The second kappa shape index (κ2) is 8.52. The number of allylic oxidation sites excluding steroid dienone is 2. The Morgan fingerprint density at radius 1 is 1.16 bits per heavy atom. The average molecular weight is 341 g/mol. The van der Waals surface area contributed by atoms with Crippen LogP contribution in [0.15, 0.2) is 36.4 Å². The van der Waals surface area contributed by atoms with Crippen LogP contribution >= 0.6 is 0 Å². The van der Waals surface area contributed by atoms with Crippen molar-refractivity contribution in [1.29, 1.82) is 0 Å². The molecule has 3 rings (SSSR count). The highest BCUT2D eigenvalue weighted by Gasteiger charge is 2.20. The molecule has 1 fully saturated rings. The van der Waals surface area contributed by atoms with Gasteiger partial charge in [0.05, 0.1) is 0 Å². The molecule has 1 heterocycles. The molecule has 1 amide bonds. The Kier molecular flexibility index (Phi) is 6.14. The number of rotatable bonds is 6. The van der Waals surface area contributed by atoms with Crippen LogP contribution in [0.25, 0.3) is 0 Å². The maximum Gasteiger partial charge on any atom is 0.224 e. The molecule has 1 unspecified atom stereocenters. The quantitative estimate of drug-likeness (QED) is 0.800. The van der Waals surface area contributed by atoms with Gasteiger partial charge in [-0.05, 0) is 75.9 Å². The van der Waals surface area contributed by atoms with Crippen molar-refractivity contribution < 1.29 is 4.79 Å². The number of carbonyl (C=O) groups is 1. The molecule has 136 valence electrons. The van der Waals surface area contributed by atoms with Crippen molar-refractivity contribution in [2.24, 2.45) is 11.8 Å². The second-order valence-electron chi connectivity index (χ2n) is 7.76. The Morgan fingerprint density at radius 3 is 2.48 bits per heavy atom. The summed E-state index contributed by atoms with van der Waals surface area (Å²) in [7, 11) is 4.31. The van der Waals surface area contributed by atoms with Crippen molar-refractivity contribution in [3.05, 3.63) is 36.4 Å². The van der Waals surface area contributed by atoms with Crippen molar-refractivity contribution in [2.45, 2.75) is 32.1 Å². The number of nitrogens with zero attached hydrogens (tertiary/aromatic N) is 2. The van der Waals surface area contributed by atoms with E-state index in [-0.39, 0.29) is 5.91 Å². The number of benzene rings is 1. The molecule has 1 aliphatic carbocycles. The number of amides is 1. The number of hydrogen-bond acceptors (Lipinski definition) is 3. The first kappa shape index (κ1) is 18.0. The lowest BCUT2D eigenvalue weighted by molar-refractivity contribution is -0.116. The van der Waals surface area contributed by atoms with Crippen molar-refractivity contribution in [3.63, 3.8) is 0 Å². The van der Waals surface area contributed by atoms with Gasteiger partial charge in [-0.1, -0.05) is 12.2 Å². The third-order valence-electron chi connectivity index (χ3n) is 5.31. The van der Waals surface area contributed by atoms with E-state index in [1.165, 1.54) is 25.1 Å². The largest absolute Gasteiger partial charge is 0.372 e. The summed E-state index contributed by atoms with van der Waals surface area (Å²) in [6.45, 7) is 3.44. The molecule has 1 aliphatic heterocycles. The maximum absolute atomic E-state index is 12.1. The molecule has 4 nitrogen and oxygen atoms in total. The molecule has 0 saturated carbocycles. The van der Waals surface area contributed by atoms with Crippen LogP contribution in [-0.2, 0) is 4.79 Å². The Labute approximate surface area is 151 Å². The zero-order chi connectivity index (χ0) is 17.6. The lowest BCUT2D eigenvalue weighted by Gasteiger charge is -2.34. The fraction of sp³-hybridized carbons (Fsp3) is 0.571. The second-order valence-corrected chi connectivity index (χ2v) is 7.76. The summed E-state index contributed by atoms with van der Waals surface area (Å²) >= 11 is 0. The standard InChI is InChI=1S/C21H31N3O/c1-23(2)16-18-11-13-24(14-12-18)20-9-7-19(8-10-20)22-21(25)15-17-5-3-4-6-17/h3,5,7-10,17-18H,4,6,11-16H2,1-2H3,(H,22,25). The Hall–Kier alpha value is -1.81. The van der Waals surface area contributed by atoms with Crippen molar-refractivity contribution in [1.82, 2.24) is 4.90 Å². The van der Waals surface area contributed by atoms with Gasteiger partial charge in [-0.3, -0.25) is 4.79 Å². The minimum absolute atomic E-state index is 0.119. The van der Waals surface area contributed by atoms with Crippen LogP contribution < -0.4 is 10.2 Å². The van der Waals surface area contributed by atoms with E-state index < -0.39 is 0 Å². The molecule has 0 aromatic heterocycles. The third kappa shape index (κ3) is 5.33. The first-order valence-electron chi connectivity index (χ1n) is 9.56. The molecule has 1 atom stereocenters. The highest BCUT2D eigenvalue weighted by molar-refractivity contribution is 5.91. The van der Waals surface area contributed by atoms with E-state index >= 15 is 0 Å². The van der Waals surface area contributed by atoms with Crippen LogP contribution in [-0.4, -0.2) is 44.5 Å². The number of piperidine rings is 1. The Bertz CT molecular complexity index is 586. The molecule has 2 aliphatic rings. The normalized spacial score (nSPS) is 21.1. The van der Waals surface area contributed by atoms with Crippen LogP contribution in [0.5, 0.6) is 0 Å². The first-order valence-corrected chi connectivity index (χ1v) is 9.56. The lowest BCUT2D eigenvalue weighted by Crippen LogP contribution is -2.37. The molecule has 1 saturated heterocycles. The number of anilines is 2. The highest BCUT2D eigenvalue weighted by atomic mass is 16.1. The van der Waals surface area contributed by atoms with Gasteiger partial charge in [0.15, 0.2) is 0 Å². The average Bonchev–Trinajstić information content (AvgIpc) is 3.08. The molecular formula is C21H31N3O. The zero-order valence-corrected chi connectivity index (χ0v) is 15.6. The monoisotopic (exact) mass is 341 g/mol. The smallest absolute Gasteiger partial charge is 0.224 e. The van der Waals surface area contributed by atoms with E-state index in [1.807, 2.05) is 12.1 Å². The fourth-order valence-corrected chi connectivity index (χ4v) is 3.96. The van der Waals surface area contributed by atoms with Crippen LogP contribution in [0, 0.1) is 11.8 Å². The van der Waals surface area contributed by atoms with Crippen molar-refractivity contribution in [3.8, 4) is 0 Å². The molecule has 1 N–H and O–H groups in total. The highest BCUT2D eigenvalue weighted by Crippen LogP contribution is 2.25. The Morgan fingerprint density at radius 2 is 1.88 bits per heavy atom. The van der Waals surface area contributed by atoms with E-state index in [1.54, 1.807) is 0 Å². The molecule has 4 heteroatoms. The Balaban J connectivity index is 1.47. The molecule has 0 bridgehead atoms. The topological polar surface area (TPSA) is 35.6 Å². The molecule has 0 spiro atoms. The van der Waals surface area contributed by atoms with E-state index in [0.29, 0.717) is 12.3 Å². The van der Waals surface area contributed by atoms with Gasteiger partial charge in [-0.15, -0.1) is 0 Å². The van der Waals surface area contributed by atoms with Gasteiger partial charge in [-0.25, -0.2) is 0 Å². The zero-order valence-electron chi connectivity index (χ0n) is 15.6. The summed E-state index contributed by atoms with van der Waals surface area (Å²) in [6, 6.07) is 8.34. The summed E-state index contributed by atoms with van der Waals surface area (Å²) in [4.78, 5) is 16.9. The van der Waals surface area contributed by atoms with Gasteiger partial charge in [0.25, 0.3) is 0 Å². The maximum atomic E-state index is 12.1. The summed E-state index contributed by atoms with van der Waals surface area (Å²) in [6.07, 6.45) is 9.67. The van der Waals surface area contributed by atoms with E-state index in [9.17, 15) is 4.79 Å². The van der Waals surface area contributed by atoms with Gasteiger partial charge in [0.2, 0.25) is 5.91 Å². The minimum atomic E-state index is 0.119. The van der Waals surface area contributed by atoms with E-state index in [4.69, 9.17) is 0 Å². The van der Waals surface area contributed by atoms with Gasteiger partial charge in [0.1, 0.15) is 0 Å². The summed E-state index contributed by atoms with van der Waals surface area (Å²) in [5.41, 5.74) is 2.17. The summed E-state index contributed by atoms with van der Waals surface area (Å²) in [5.74, 6) is 1.35. The molecule has 0 radical (unpaired) electrons. The van der Waals surface area contributed by atoms with Gasteiger partial charge in [-0.2, -0.15) is 0 Å². The van der Waals surface area contributed by atoms with Crippen molar-refractivity contribution in [2.75, 3.05) is 43.9 Å². The van der Waals surface area contributed by atoms with Crippen LogP contribution in [0.1, 0.15) is 32.1 Å². The van der Waals surface area contributed by atoms with Crippen LogP contribution in [0.2, 0.25) is 0 Å². The number of carbonyl (C=O) groups excluding carboxylic acids is 1. The third-order valence-corrected chi connectivity index (χ3v) is 5.31. The fourth-order valence-electron chi connectivity index (χ4n) is 3.96. The lowest BCUT2D eigenvalue weighted by atomic mass is 9.96. The molecule has 1 aromatic carbocycles. The van der Waals surface area contributed by atoms with Crippen LogP contribution in [0.4, 0.5) is 11.4 Å². The number of hydrogen-bond donors (Lipinski definition) is 1.